The maximum atomic E-state index is 12.8. The Morgan fingerprint density at radius 2 is 1.93 bits per heavy atom. The molecule has 0 fully saturated rings. The molecular formula is C20H30N4O2S2. The van der Waals surface area contributed by atoms with Crippen LogP contribution < -0.4 is 5.32 Å². The van der Waals surface area contributed by atoms with Crippen molar-refractivity contribution in [2.24, 2.45) is 5.92 Å². The third-order valence-corrected chi connectivity index (χ3v) is 6.04. The molecule has 6 nitrogen and oxygen atoms in total. The first-order chi connectivity index (χ1) is 13.4. The summed E-state index contributed by atoms with van der Waals surface area (Å²) in [4.78, 5) is 34.3. The third kappa shape index (κ3) is 7.00. The molecule has 0 saturated heterocycles. The molecule has 0 radical (unpaired) electrons. The van der Waals surface area contributed by atoms with Crippen molar-refractivity contribution in [3.63, 3.8) is 0 Å². The first-order valence-electron chi connectivity index (χ1n) is 9.72. The van der Waals surface area contributed by atoms with Crippen molar-refractivity contribution < 1.29 is 9.59 Å². The van der Waals surface area contributed by atoms with Gasteiger partial charge in [0.15, 0.2) is 5.13 Å². The highest BCUT2D eigenvalue weighted by Crippen LogP contribution is 2.19. The number of anilines is 1. The Labute approximate surface area is 175 Å². The first-order valence-corrected chi connectivity index (χ1v) is 11.5. The van der Waals surface area contributed by atoms with Crippen LogP contribution in [0.5, 0.6) is 0 Å². The summed E-state index contributed by atoms with van der Waals surface area (Å²) in [6.45, 7) is 12.8. The van der Waals surface area contributed by atoms with Crippen LogP contribution in [-0.4, -0.2) is 59.3 Å². The lowest BCUT2D eigenvalue weighted by Gasteiger charge is -2.27. The molecule has 1 N–H and O–H groups in total. The SMILES string of the molecule is CCN(CC)CCN(CC(C)C)C(=O)Cc1csc(NC(=O)c2cccs2)n1. The largest absolute Gasteiger partial charge is 0.341 e. The zero-order valence-corrected chi connectivity index (χ0v) is 18.7. The fraction of sp³-hybridized carbons (Fsp3) is 0.550. The van der Waals surface area contributed by atoms with Gasteiger partial charge in [-0.2, -0.15) is 0 Å². The molecule has 2 aromatic heterocycles. The minimum absolute atomic E-state index is 0.0855. The number of hydrogen-bond donors (Lipinski definition) is 1. The summed E-state index contributed by atoms with van der Waals surface area (Å²) in [5, 5.41) is 7.04. The molecular weight excluding hydrogens is 392 g/mol. The van der Waals surface area contributed by atoms with Crippen LogP contribution in [0.2, 0.25) is 0 Å². The summed E-state index contributed by atoms with van der Waals surface area (Å²) in [6, 6.07) is 3.62. The Morgan fingerprint density at radius 3 is 2.54 bits per heavy atom. The summed E-state index contributed by atoms with van der Waals surface area (Å²) in [5.41, 5.74) is 0.702. The van der Waals surface area contributed by atoms with Crippen LogP contribution in [0.15, 0.2) is 22.9 Å². The number of nitrogens with zero attached hydrogens (tertiary/aromatic N) is 3. The lowest BCUT2D eigenvalue weighted by molar-refractivity contribution is -0.131. The van der Waals surface area contributed by atoms with Crippen molar-refractivity contribution in [3.05, 3.63) is 33.5 Å². The standard InChI is InChI=1S/C20H30N4O2S2/c1-5-23(6-2)9-10-24(13-15(3)4)18(25)12-16-14-28-20(21-16)22-19(26)17-8-7-11-27-17/h7-8,11,14-15H,5-6,9-10,12-13H2,1-4H3,(H,21,22,26). The van der Waals surface area contributed by atoms with E-state index in [1.54, 1.807) is 6.07 Å². The number of rotatable bonds is 11. The maximum Gasteiger partial charge on any atom is 0.267 e. The van der Waals surface area contributed by atoms with Crippen LogP contribution >= 0.6 is 22.7 Å². The van der Waals surface area contributed by atoms with Crippen LogP contribution in [0.4, 0.5) is 5.13 Å². The van der Waals surface area contributed by atoms with Gasteiger partial charge in [0.1, 0.15) is 0 Å². The molecule has 2 amide bonds. The van der Waals surface area contributed by atoms with E-state index in [1.807, 2.05) is 21.7 Å². The Morgan fingerprint density at radius 1 is 1.18 bits per heavy atom. The minimum Gasteiger partial charge on any atom is -0.341 e. The highest BCUT2D eigenvalue weighted by atomic mass is 32.1. The minimum atomic E-state index is -0.164. The summed E-state index contributed by atoms with van der Waals surface area (Å²) < 4.78 is 0. The number of aromatic nitrogens is 1. The zero-order chi connectivity index (χ0) is 20.5. The Kier molecular flexibility index (Phi) is 9.08. The third-order valence-electron chi connectivity index (χ3n) is 4.37. The van der Waals surface area contributed by atoms with Gasteiger partial charge >= 0.3 is 0 Å². The van der Waals surface area contributed by atoms with Gasteiger partial charge in [0, 0.05) is 25.0 Å². The average Bonchev–Trinajstić information content (AvgIpc) is 3.33. The number of thiophene rings is 1. The summed E-state index contributed by atoms with van der Waals surface area (Å²) in [7, 11) is 0. The highest BCUT2D eigenvalue weighted by molar-refractivity contribution is 7.14. The van der Waals surface area contributed by atoms with E-state index in [9.17, 15) is 9.59 Å². The van der Waals surface area contributed by atoms with E-state index in [0.717, 1.165) is 32.7 Å². The van der Waals surface area contributed by atoms with Gasteiger partial charge in [0.2, 0.25) is 5.91 Å². The first kappa shape index (κ1) is 22.5. The van der Waals surface area contributed by atoms with E-state index in [1.165, 1.54) is 22.7 Å². The molecule has 0 unspecified atom stereocenters. The molecule has 0 spiro atoms. The number of carbonyl (C=O) groups excluding carboxylic acids is 2. The molecule has 154 valence electrons. The Bertz CT molecular complexity index is 739. The van der Waals surface area contributed by atoms with Gasteiger partial charge in [-0.3, -0.25) is 14.9 Å². The van der Waals surface area contributed by atoms with Crippen molar-refractivity contribution in [2.75, 3.05) is 38.0 Å². The van der Waals surface area contributed by atoms with Crippen LogP contribution in [0.3, 0.4) is 0 Å². The van der Waals surface area contributed by atoms with Crippen LogP contribution in [0.25, 0.3) is 0 Å². The van der Waals surface area contributed by atoms with E-state index in [4.69, 9.17) is 0 Å². The quantitative estimate of drug-likeness (QED) is 0.598. The normalized spacial score (nSPS) is 11.2. The van der Waals surface area contributed by atoms with Gasteiger partial charge in [-0.1, -0.05) is 33.8 Å². The summed E-state index contributed by atoms with van der Waals surface area (Å²) >= 11 is 2.74. The fourth-order valence-corrected chi connectivity index (χ4v) is 4.16. The zero-order valence-electron chi connectivity index (χ0n) is 17.1. The molecule has 28 heavy (non-hydrogen) atoms. The Hall–Kier alpha value is -1.77. The number of nitrogens with one attached hydrogen (secondary N) is 1. The second-order valence-corrected chi connectivity index (χ2v) is 8.82. The van der Waals surface area contributed by atoms with Crippen molar-refractivity contribution in [2.45, 2.75) is 34.1 Å². The van der Waals surface area contributed by atoms with E-state index >= 15 is 0 Å². The smallest absolute Gasteiger partial charge is 0.267 e. The molecule has 8 heteroatoms. The van der Waals surface area contributed by atoms with Crippen LogP contribution in [0, 0.1) is 5.92 Å². The van der Waals surface area contributed by atoms with Crippen LogP contribution in [-0.2, 0) is 11.2 Å². The van der Waals surface area contributed by atoms with Gasteiger partial charge < -0.3 is 9.80 Å². The molecule has 0 bridgehead atoms. The molecule has 0 aliphatic heterocycles. The van der Waals surface area contributed by atoms with Gasteiger partial charge in [-0.15, -0.1) is 22.7 Å². The molecule has 2 heterocycles. The van der Waals surface area contributed by atoms with Gasteiger partial charge in [0.05, 0.1) is 17.0 Å². The van der Waals surface area contributed by atoms with Gasteiger partial charge in [-0.25, -0.2) is 4.98 Å². The second kappa shape index (κ2) is 11.3. The lowest BCUT2D eigenvalue weighted by atomic mass is 10.2. The van der Waals surface area contributed by atoms with Gasteiger partial charge in [0.25, 0.3) is 5.91 Å². The van der Waals surface area contributed by atoms with E-state index in [-0.39, 0.29) is 18.2 Å². The monoisotopic (exact) mass is 422 g/mol. The fourth-order valence-electron chi connectivity index (χ4n) is 2.84. The van der Waals surface area contributed by atoms with E-state index in [2.05, 4.69) is 42.9 Å². The molecule has 0 aliphatic rings. The predicted molar refractivity (Wildman–Crippen MR) is 117 cm³/mol. The number of carbonyl (C=O) groups is 2. The highest BCUT2D eigenvalue weighted by Gasteiger charge is 2.18. The molecule has 0 aliphatic carbocycles. The van der Waals surface area contributed by atoms with Crippen molar-refractivity contribution >= 4 is 39.6 Å². The average molecular weight is 423 g/mol. The van der Waals surface area contributed by atoms with Gasteiger partial charge in [-0.05, 0) is 30.5 Å². The van der Waals surface area contributed by atoms with Crippen LogP contribution in [0.1, 0.15) is 43.1 Å². The van der Waals surface area contributed by atoms with Crippen molar-refractivity contribution in [1.29, 1.82) is 0 Å². The van der Waals surface area contributed by atoms with Crippen molar-refractivity contribution in [3.8, 4) is 0 Å². The van der Waals surface area contributed by atoms with E-state index in [0.29, 0.717) is 21.6 Å². The van der Waals surface area contributed by atoms with E-state index < -0.39 is 0 Å². The molecule has 0 aromatic carbocycles. The summed E-state index contributed by atoms with van der Waals surface area (Å²) in [5.74, 6) is 0.335. The number of hydrogen-bond acceptors (Lipinski definition) is 6. The number of likely N-dealkylation sites (N-methyl/N-ethyl adjacent to an activating group) is 1. The number of thiazole rings is 1. The second-order valence-electron chi connectivity index (χ2n) is 7.01. The molecule has 0 atom stereocenters. The molecule has 2 rings (SSSR count). The topological polar surface area (TPSA) is 65.5 Å². The maximum absolute atomic E-state index is 12.8. The van der Waals surface area contributed by atoms with Crippen molar-refractivity contribution in [1.82, 2.24) is 14.8 Å². The number of amides is 2. The Balaban J connectivity index is 1.94. The predicted octanol–water partition coefficient (Wildman–Crippen LogP) is 3.83. The molecule has 2 aromatic rings. The molecule has 0 saturated carbocycles. The lowest BCUT2D eigenvalue weighted by Crippen LogP contribution is -2.41. The summed E-state index contributed by atoms with van der Waals surface area (Å²) in [6.07, 6.45) is 0.260.